The van der Waals surface area contributed by atoms with Crippen molar-refractivity contribution in [3.63, 3.8) is 0 Å². The van der Waals surface area contributed by atoms with E-state index >= 15 is 0 Å². The SMILES string of the molecule is CN1CCC(Cc2ccc3c(n2)NCCC3)CC1. The highest BCUT2D eigenvalue weighted by molar-refractivity contribution is 5.47. The molecule has 2 aliphatic heterocycles. The molecule has 3 heterocycles. The molecule has 1 saturated heterocycles. The maximum Gasteiger partial charge on any atom is 0.129 e. The minimum absolute atomic E-state index is 0.829. The van der Waals surface area contributed by atoms with Gasteiger partial charge in [-0.3, -0.25) is 0 Å². The molecule has 0 spiro atoms. The number of aryl methyl sites for hydroxylation is 1. The molecule has 98 valence electrons. The fourth-order valence-electron chi connectivity index (χ4n) is 3.04. The molecule has 3 nitrogen and oxygen atoms in total. The summed E-state index contributed by atoms with van der Waals surface area (Å²) in [5.41, 5.74) is 2.67. The second-order valence-electron chi connectivity index (χ2n) is 5.79. The van der Waals surface area contributed by atoms with Crippen LogP contribution in [0.4, 0.5) is 5.82 Å². The molecule has 0 radical (unpaired) electrons. The lowest BCUT2D eigenvalue weighted by molar-refractivity contribution is 0.218. The molecule has 0 atom stereocenters. The molecule has 1 aromatic heterocycles. The first-order valence-corrected chi connectivity index (χ1v) is 7.22. The monoisotopic (exact) mass is 245 g/mol. The van der Waals surface area contributed by atoms with Gasteiger partial charge in [-0.15, -0.1) is 0 Å². The number of likely N-dealkylation sites (tertiary alicyclic amines) is 1. The average molecular weight is 245 g/mol. The summed E-state index contributed by atoms with van der Waals surface area (Å²) < 4.78 is 0. The molecule has 0 aromatic carbocycles. The lowest BCUT2D eigenvalue weighted by atomic mass is 9.92. The first-order chi connectivity index (χ1) is 8.81. The number of nitrogens with zero attached hydrogens (tertiary/aromatic N) is 2. The van der Waals surface area contributed by atoms with Crippen LogP contribution in [0.2, 0.25) is 0 Å². The Hall–Kier alpha value is -1.09. The van der Waals surface area contributed by atoms with Crippen molar-refractivity contribution in [3.8, 4) is 0 Å². The van der Waals surface area contributed by atoms with E-state index in [0.29, 0.717) is 0 Å². The van der Waals surface area contributed by atoms with Gasteiger partial charge in [0, 0.05) is 12.2 Å². The van der Waals surface area contributed by atoms with E-state index in [1.807, 2.05) is 0 Å². The summed E-state index contributed by atoms with van der Waals surface area (Å²) in [6.07, 6.45) is 6.22. The fourth-order valence-corrected chi connectivity index (χ4v) is 3.04. The van der Waals surface area contributed by atoms with Crippen molar-refractivity contribution < 1.29 is 0 Å². The Bertz CT molecular complexity index is 408. The summed E-state index contributed by atoms with van der Waals surface area (Å²) in [4.78, 5) is 7.23. The summed E-state index contributed by atoms with van der Waals surface area (Å²) in [5.74, 6) is 1.97. The van der Waals surface area contributed by atoms with Gasteiger partial charge in [-0.2, -0.15) is 0 Å². The molecule has 0 amide bonds. The van der Waals surface area contributed by atoms with Gasteiger partial charge < -0.3 is 10.2 Å². The van der Waals surface area contributed by atoms with Crippen LogP contribution in [-0.2, 0) is 12.8 Å². The summed E-state index contributed by atoms with van der Waals surface area (Å²) >= 11 is 0. The molecule has 0 aliphatic carbocycles. The predicted molar refractivity (Wildman–Crippen MR) is 75.0 cm³/mol. The molecule has 1 aromatic rings. The van der Waals surface area contributed by atoms with Gasteiger partial charge in [0.2, 0.25) is 0 Å². The Kier molecular flexibility index (Phi) is 3.50. The van der Waals surface area contributed by atoms with Crippen LogP contribution in [0.3, 0.4) is 0 Å². The van der Waals surface area contributed by atoms with Crippen LogP contribution >= 0.6 is 0 Å². The van der Waals surface area contributed by atoms with Crippen LogP contribution in [0.15, 0.2) is 12.1 Å². The maximum atomic E-state index is 4.80. The first-order valence-electron chi connectivity index (χ1n) is 7.22. The minimum Gasteiger partial charge on any atom is -0.370 e. The number of aromatic nitrogens is 1. The van der Waals surface area contributed by atoms with Crippen molar-refractivity contribution in [1.29, 1.82) is 0 Å². The highest BCUT2D eigenvalue weighted by Gasteiger charge is 2.18. The van der Waals surface area contributed by atoms with Crippen molar-refractivity contribution in [3.05, 3.63) is 23.4 Å². The Labute approximate surface area is 110 Å². The molecule has 1 fully saturated rings. The second kappa shape index (κ2) is 5.27. The zero-order valence-corrected chi connectivity index (χ0v) is 11.3. The van der Waals surface area contributed by atoms with Gasteiger partial charge in [-0.1, -0.05) is 6.07 Å². The van der Waals surface area contributed by atoms with E-state index in [4.69, 9.17) is 4.98 Å². The van der Waals surface area contributed by atoms with Gasteiger partial charge in [-0.05, 0) is 69.8 Å². The van der Waals surface area contributed by atoms with Crippen LogP contribution < -0.4 is 5.32 Å². The molecule has 1 N–H and O–H groups in total. The lowest BCUT2D eigenvalue weighted by Gasteiger charge is -2.29. The lowest BCUT2D eigenvalue weighted by Crippen LogP contribution is -2.31. The molecule has 2 aliphatic rings. The number of nitrogens with one attached hydrogen (secondary N) is 1. The van der Waals surface area contributed by atoms with E-state index < -0.39 is 0 Å². The molecule has 18 heavy (non-hydrogen) atoms. The third-order valence-electron chi connectivity index (χ3n) is 4.29. The number of pyridine rings is 1. The standard InChI is InChI=1S/C15H23N3/c1-18-9-6-12(7-10-18)11-14-5-4-13-3-2-8-16-15(13)17-14/h4-5,12H,2-3,6-11H2,1H3,(H,16,17). The summed E-state index contributed by atoms with van der Waals surface area (Å²) in [6, 6.07) is 4.52. The molecule has 0 bridgehead atoms. The molecular formula is C15H23N3. The van der Waals surface area contributed by atoms with Gasteiger partial charge in [0.25, 0.3) is 0 Å². The highest BCUT2D eigenvalue weighted by Crippen LogP contribution is 2.24. The molecular weight excluding hydrogens is 222 g/mol. The Morgan fingerprint density at radius 2 is 2.17 bits per heavy atom. The zero-order chi connectivity index (χ0) is 12.4. The topological polar surface area (TPSA) is 28.2 Å². The number of fused-ring (bicyclic) bond motifs is 1. The van der Waals surface area contributed by atoms with Crippen LogP contribution in [0.5, 0.6) is 0 Å². The summed E-state index contributed by atoms with van der Waals surface area (Å²) in [6.45, 7) is 3.57. The summed E-state index contributed by atoms with van der Waals surface area (Å²) in [5, 5.41) is 3.43. The molecule has 0 unspecified atom stereocenters. The quantitative estimate of drug-likeness (QED) is 0.866. The third kappa shape index (κ3) is 2.66. The van der Waals surface area contributed by atoms with Crippen molar-refractivity contribution in [1.82, 2.24) is 9.88 Å². The molecule has 3 heteroatoms. The zero-order valence-electron chi connectivity index (χ0n) is 11.3. The fraction of sp³-hybridized carbons (Fsp3) is 0.667. The van der Waals surface area contributed by atoms with Crippen LogP contribution in [-0.4, -0.2) is 36.6 Å². The van der Waals surface area contributed by atoms with Crippen molar-refractivity contribution in [2.75, 3.05) is 32.0 Å². The summed E-state index contributed by atoms with van der Waals surface area (Å²) in [7, 11) is 2.22. The van der Waals surface area contributed by atoms with E-state index in [9.17, 15) is 0 Å². The van der Waals surface area contributed by atoms with Crippen LogP contribution in [0, 0.1) is 5.92 Å². The number of rotatable bonds is 2. The Balaban J connectivity index is 1.66. The van der Waals surface area contributed by atoms with Crippen LogP contribution in [0.1, 0.15) is 30.5 Å². The number of anilines is 1. The second-order valence-corrected chi connectivity index (χ2v) is 5.79. The number of hydrogen-bond donors (Lipinski definition) is 1. The minimum atomic E-state index is 0.829. The molecule has 0 saturated carbocycles. The van der Waals surface area contributed by atoms with Gasteiger partial charge >= 0.3 is 0 Å². The highest BCUT2D eigenvalue weighted by atomic mass is 15.1. The van der Waals surface area contributed by atoms with E-state index in [-0.39, 0.29) is 0 Å². The van der Waals surface area contributed by atoms with E-state index in [1.165, 1.54) is 50.0 Å². The van der Waals surface area contributed by atoms with Gasteiger partial charge in [-0.25, -0.2) is 4.98 Å². The van der Waals surface area contributed by atoms with Crippen LogP contribution in [0.25, 0.3) is 0 Å². The van der Waals surface area contributed by atoms with Crippen molar-refractivity contribution in [2.45, 2.75) is 32.1 Å². The number of hydrogen-bond acceptors (Lipinski definition) is 3. The average Bonchev–Trinajstić information content (AvgIpc) is 2.41. The van der Waals surface area contributed by atoms with E-state index in [2.05, 4.69) is 29.4 Å². The smallest absolute Gasteiger partial charge is 0.129 e. The largest absolute Gasteiger partial charge is 0.370 e. The Morgan fingerprint density at radius 1 is 1.33 bits per heavy atom. The molecule has 3 rings (SSSR count). The van der Waals surface area contributed by atoms with Gasteiger partial charge in [0.15, 0.2) is 0 Å². The van der Waals surface area contributed by atoms with Crippen molar-refractivity contribution >= 4 is 5.82 Å². The first kappa shape index (κ1) is 12.0. The maximum absolute atomic E-state index is 4.80. The van der Waals surface area contributed by atoms with Gasteiger partial charge in [0.1, 0.15) is 5.82 Å². The predicted octanol–water partition coefficient (Wildman–Crippen LogP) is 2.32. The van der Waals surface area contributed by atoms with E-state index in [1.54, 1.807) is 0 Å². The number of piperidine rings is 1. The Morgan fingerprint density at radius 3 is 3.00 bits per heavy atom. The normalized spacial score (nSPS) is 21.4. The van der Waals surface area contributed by atoms with Crippen molar-refractivity contribution in [2.24, 2.45) is 5.92 Å². The van der Waals surface area contributed by atoms with Gasteiger partial charge in [0.05, 0.1) is 0 Å². The van der Waals surface area contributed by atoms with E-state index in [0.717, 1.165) is 24.7 Å². The third-order valence-corrected chi connectivity index (χ3v) is 4.29.